The highest BCUT2D eigenvalue weighted by Gasteiger charge is 2.08. The Labute approximate surface area is 322 Å². The second-order valence-electron chi connectivity index (χ2n) is 15.5. The van der Waals surface area contributed by atoms with Gasteiger partial charge in [0.1, 0.15) is 0 Å². The molecule has 0 aromatic heterocycles. The Balaban J connectivity index is 0. The number of unbranched alkanes of at least 4 members (excludes halogenated alkanes) is 25. The number of hydrogen-bond donors (Lipinski definition) is 0. The summed E-state index contributed by atoms with van der Waals surface area (Å²) in [6.45, 7) is 19.4. The lowest BCUT2D eigenvalue weighted by atomic mass is 10.0. The highest BCUT2D eigenvalue weighted by molar-refractivity contribution is 5.69. The predicted molar refractivity (Wildman–Crippen MR) is 228 cm³/mol. The Bertz CT molecular complexity index is 637. The van der Waals surface area contributed by atoms with Crippen molar-refractivity contribution in [3.05, 3.63) is 12.8 Å². The summed E-state index contributed by atoms with van der Waals surface area (Å²) in [6.07, 6.45) is 46.0. The van der Waals surface area contributed by atoms with E-state index in [1.54, 1.807) is 6.26 Å². The standard InChI is InChI=1S/C28H57NO2.C19H38O/c1-4-7-9-11-13-14-15-17-22-27-31-28(30)23-19-18-21-26-29(24-6-3)25-20-16-12-10-8-5-2;1-4-7-9-11-13-15-17-19(20-6-3)18-16-14-12-10-8-5-2/h4-27H2,1-3H3;6,19H,3-5,7-18H2,1-2H3. The minimum Gasteiger partial charge on any atom is -0.499 e. The smallest absolute Gasteiger partial charge is 0.305 e. The van der Waals surface area contributed by atoms with Gasteiger partial charge in [0, 0.05) is 6.42 Å². The molecule has 0 saturated carbocycles. The summed E-state index contributed by atoms with van der Waals surface area (Å²) in [6, 6.07) is 0. The minimum atomic E-state index is 0.0112. The molecule has 0 aromatic rings. The van der Waals surface area contributed by atoms with Crippen molar-refractivity contribution in [3.63, 3.8) is 0 Å². The molecule has 0 saturated heterocycles. The van der Waals surface area contributed by atoms with E-state index in [-0.39, 0.29) is 5.97 Å². The molecule has 0 aliphatic rings. The van der Waals surface area contributed by atoms with Crippen LogP contribution < -0.4 is 0 Å². The fraction of sp³-hybridized carbons (Fsp3) is 0.936. The maximum Gasteiger partial charge on any atom is 0.305 e. The Kier molecular flexibility index (Phi) is 48.0. The van der Waals surface area contributed by atoms with Gasteiger partial charge in [-0.15, -0.1) is 0 Å². The summed E-state index contributed by atoms with van der Waals surface area (Å²) in [5.74, 6) is 0.0112. The number of ether oxygens (including phenoxy) is 2. The van der Waals surface area contributed by atoms with Gasteiger partial charge in [-0.05, 0) is 77.4 Å². The van der Waals surface area contributed by atoms with Crippen LogP contribution >= 0.6 is 0 Å². The summed E-state index contributed by atoms with van der Waals surface area (Å²) in [5.41, 5.74) is 0. The van der Waals surface area contributed by atoms with Crippen LogP contribution in [0.3, 0.4) is 0 Å². The first-order valence-corrected chi connectivity index (χ1v) is 23.2. The van der Waals surface area contributed by atoms with Gasteiger partial charge in [0.25, 0.3) is 0 Å². The van der Waals surface area contributed by atoms with Gasteiger partial charge in [-0.1, -0.05) is 195 Å². The number of carbonyl (C=O) groups excluding carboxylic acids is 1. The Morgan fingerprint density at radius 3 is 1.25 bits per heavy atom. The zero-order valence-electron chi connectivity index (χ0n) is 35.9. The SMILES string of the molecule is C=COC(CCCCCCCC)CCCCCCCC.CCCCCCCCCCCOC(=O)CCCCCN(CCC)CCCCCCCC. The first-order chi connectivity index (χ1) is 25.1. The van der Waals surface area contributed by atoms with Crippen molar-refractivity contribution in [1.82, 2.24) is 4.90 Å². The van der Waals surface area contributed by atoms with Crippen LogP contribution in [-0.2, 0) is 14.3 Å². The highest BCUT2D eigenvalue weighted by Crippen LogP contribution is 2.17. The topological polar surface area (TPSA) is 38.8 Å². The molecule has 0 unspecified atom stereocenters. The molecule has 51 heavy (non-hydrogen) atoms. The van der Waals surface area contributed by atoms with E-state index in [0.717, 1.165) is 19.3 Å². The van der Waals surface area contributed by atoms with E-state index in [2.05, 4.69) is 46.1 Å². The van der Waals surface area contributed by atoms with Crippen molar-refractivity contribution >= 4 is 5.97 Å². The van der Waals surface area contributed by atoms with Gasteiger partial charge < -0.3 is 14.4 Å². The molecule has 0 aliphatic carbocycles. The average Bonchev–Trinajstić information content (AvgIpc) is 3.13. The van der Waals surface area contributed by atoms with Crippen LogP contribution in [0.5, 0.6) is 0 Å². The third-order valence-electron chi connectivity index (χ3n) is 10.3. The molecule has 0 atom stereocenters. The van der Waals surface area contributed by atoms with E-state index in [4.69, 9.17) is 9.47 Å². The lowest BCUT2D eigenvalue weighted by molar-refractivity contribution is -0.143. The summed E-state index contributed by atoms with van der Waals surface area (Å²) < 4.78 is 11.1. The van der Waals surface area contributed by atoms with E-state index in [9.17, 15) is 4.79 Å². The molecule has 0 aromatic carbocycles. The number of carbonyl (C=O) groups is 1. The largest absolute Gasteiger partial charge is 0.499 e. The molecule has 0 amide bonds. The molecule has 306 valence electrons. The van der Waals surface area contributed by atoms with Crippen LogP contribution in [0.2, 0.25) is 0 Å². The Morgan fingerprint density at radius 1 is 0.471 bits per heavy atom. The zero-order chi connectivity index (χ0) is 37.7. The van der Waals surface area contributed by atoms with Gasteiger partial charge in [0.2, 0.25) is 0 Å². The van der Waals surface area contributed by atoms with Crippen molar-refractivity contribution in [3.8, 4) is 0 Å². The zero-order valence-corrected chi connectivity index (χ0v) is 35.9. The molecular weight excluding hydrogens is 627 g/mol. The van der Waals surface area contributed by atoms with Crippen LogP contribution in [0.15, 0.2) is 12.8 Å². The van der Waals surface area contributed by atoms with E-state index in [0.29, 0.717) is 19.1 Å². The molecule has 0 aliphatic heterocycles. The maximum absolute atomic E-state index is 11.9. The van der Waals surface area contributed by atoms with Crippen LogP contribution in [-0.4, -0.2) is 43.2 Å². The maximum atomic E-state index is 11.9. The fourth-order valence-electron chi connectivity index (χ4n) is 6.94. The van der Waals surface area contributed by atoms with Crippen molar-refractivity contribution < 1.29 is 14.3 Å². The lowest BCUT2D eigenvalue weighted by Crippen LogP contribution is -2.27. The first kappa shape index (κ1) is 52.1. The molecule has 0 rings (SSSR count). The average molecular weight is 722 g/mol. The minimum absolute atomic E-state index is 0.0112. The van der Waals surface area contributed by atoms with Gasteiger partial charge in [-0.2, -0.15) is 0 Å². The van der Waals surface area contributed by atoms with Crippen molar-refractivity contribution in [2.24, 2.45) is 0 Å². The van der Waals surface area contributed by atoms with Crippen molar-refractivity contribution in [1.29, 1.82) is 0 Å². The Hall–Kier alpha value is -1.03. The molecule has 4 nitrogen and oxygen atoms in total. The van der Waals surface area contributed by atoms with Crippen LogP contribution in [0, 0.1) is 0 Å². The predicted octanol–water partition coefficient (Wildman–Crippen LogP) is 15.7. The number of rotatable bonds is 41. The van der Waals surface area contributed by atoms with E-state index in [1.165, 1.54) is 212 Å². The third-order valence-corrected chi connectivity index (χ3v) is 10.3. The van der Waals surface area contributed by atoms with Gasteiger partial charge in [0.05, 0.1) is 19.0 Å². The van der Waals surface area contributed by atoms with Crippen molar-refractivity contribution in [2.45, 2.75) is 259 Å². The molecule has 0 fully saturated rings. The van der Waals surface area contributed by atoms with E-state index < -0.39 is 0 Å². The summed E-state index contributed by atoms with van der Waals surface area (Å²) in [5, 5.41) is 0. The van der Waals surface area contributed by atoms with Crippen LogP contribution in [0.25, 0.3) is 0 Å². The summed E-state index contributed by atoms with van der Waals surface area (Å²) in [7, 11) is 0. The van der Waals surface area contributed by atoms with Crippen LogP contribution in [0.4, 0.5) is 0 Å². The molecule has 0 spiro atoms. The number of nitrogens with zero attached hydrogens (tertiary/aromatic N) is 1. The Morgan fingerprint density at radius 2 is 0.843 bits per heavy atom. The summed E-state index contributed by atoms with van der Waals surface area (Å²) in [4.78, 5) is 14.5. The number of esters is 1. The van der Waals surface area contributed by atoms with E-state index in [1.807, 2.05) is 0 Å². The molecule has 0 bridgehead atoms. The quantitative estimate of drug-likeness (QED) is 0.0358. The van der Waals surface area contributed by atoms with Gasteiger partial charge in [-0.3, -0.25) is 4.79 Å². The molecule has 0 heterocycles. The van der Waals surface area contributed by atoms with Crippen molar-refractivity contribution in [2.75, 3.05) is 26.2 Å². The third kappa shape index (κ3) is 45.1. The van der Waals surface area contributed by atoms with Gasteiger partial charge >= 0.3 is 5.97 Å². The normalized spacial score (nSPS) is 11.2. The molecular formula is C47H95NO3. The second kappa shape index (κ2) is 47.0. The lowest BCUT2D eigenvalue weighted by Gasteiger charge is -2.21. The monoisotopic (exact) mass is 722 g/mol. The van der Waals surface area contributed by atoms with E-state index >= 15 is 0 Å². The van der Waals surface area contributed by atoms with Gasteiger partial charge in [0.15, 0.2) is 0 Å². The summed E-state index contributed by atoms with van der Waals surface area (Å²) >= 11 is 0. The number of hydrogen-bond acceptors (Lipinski definition) is 4. The molecule has 0 radical (unpaired) electrons. The van der Waals surface area contributed by atoms with Gasteiger partial charge in [-0.25, -0.2) is 0 Å². The second-order valence-corrected chi connectivity index (χ2v) is 15.5. The molecule has 4 heteroatoms. The molecule has 0 N–H and O–H groups in total. The first-order valence-electron chi connectivity index (χ1n) is 23.2. The van der Waals surface area contributed by atoms with Crippen LogP contribution in [0.1, 0.15) is 253 Å². The fourth-order valence-corrected chi connectivity index (χ4v) is 6.94. The highest BCUT2D eigenvalue weighted by atomic mass is 16.5.